The third kappa shape index (κ3) is 4.39. The predicted octanol–water partition coefficient (Wildman–Crippen LogP) is 3.65. The maximum atomic E-state index is 3.64. The molecule has 1 unspecified atom stereocenters. The molecule has 0 aromatic heterocycles. The van der Waals surface area contributed by atoms with Gasteiger partial charge in [0, 0.05) is 36.2 Å². The molecule has 2 atom stereocenters. The second kappa shape index (κ2) is 8.39. The molecule has 0 bridgehead atoms. The molecule has 1 fully saturated rings. The summed E-state index contributed by atoms with van der Waals surface area (Å²) in [5.74, 6) is 0. The fourth-order valence-electron chi connectivity index (χ4n) is 2.32. The molecule has 1 aliphatic heterocycles. The Bertz CT molecular complexity index is 363. The second-order valence-corrected chi connectivity index (χ2v) is 5.40. The Labute approximate surface area is 130 Å². The van der Waals surface area contributed by atoms with Gasteiger partial charge in [0.1, 0.15) is 0 Å². The molecule has 1 aliphatic rings. The van der Waals surface area contributed by atoms with Crippen LogP contribution in [-0.4, -0.2) is 30.6 Å². The number of rotatable bonds is 2. The van der Waals surface area contributed by atoms with E-state index in [0.29, 0.717) is 12.1 Å². The first-order valence-corrected chi connectivity index (χ1v) is 6.69. The van der Waals surface area contributed by atoms with Crippen LogP contribution < -0.4 is 5.32 Å². The highest BCUT2D eigenvalue weighted by molar-refractivity contribution is 9.10. The largest absolute Gasteiger partial charge is 0.312 e. The molecule has 2 rings (SSSR count). The first-order chi connectivity index (χ1) is 7.68. The smallest absolute Gasteiger partial charge is 0.0332 e. The van der Waals surface area contributed by atoms with Crippen LogP contribution in [0.25, 0.3) is 0 Å². The summed E-state index contributed by atoms with van der Waals surface area (Å²) in [4.78, 5) is 2.54. The lowest BCUT2D eigenvalue weighted by Crippen LogP contribution is -2.49. The van der Waals surface area contributed by atoms with E-state index in [0.717, 1.165) is 19.6 Å². The van der Waals surface area contributed by atoms with Gasteiger partial charge in [0.15, 0.2) is 0 Å². The number of nitrogens with zero attached hydrogens (tertiary/aromatic N) is 1. The molecule has 104 valence electrons. The molecule has 1 aromatic rings. The molecule has 1 heterocycles. The molecule has 5 heteroatoms. The summed E-state index contributed by atoms with van der Waals surface area (Å²) < 4.78 is 1.22. The minimum atomic E-state index is 0. The third-order valence-corrected chi connectivity index (χ3v) is 4.03. The van der Waals surface area contributed by atoms with Gasteiger partial charge in [-0.15, -0.1) is 24.8 Å². The zero-order valence-electron chi connectivity index (χ0n) is 10.7. The highest BCUT2D eigenvalue weighted by Crippen LogP contribution is 2.27. The van der Waals surface area contributed by atoms with Crippen LogP contribution in [0.3, 0.4) is 0 Å². The topological polar surface area (TPSA) is 15.3 Å². The van der Waals surface area contributed by atoms with Crippen LogP contribution in [0.1, 0.15) is 25.5 Å². The Hall–Kier alpha value is 0.200. The molecular formula is C13H21BrCl2N2. The molecule has 0 saturated carbocycles. The van der Waals surface area contributed by atoms with Crippen molar-refractivity contribution in [2.45, 2.75) is 25.9 Å². The zero-order valence-corrected chi connectivity index (χ0v) is 13.9. The Morgan fingerprint density at radius 2 is 2.00 bits per heavy atom. The minimum Gasteiger partial charge on any atom is -0.312 e. The van der Waals surface area contributed by atoms with Crippen molar-refractivity contribution in [3.05, 3.63) is 34.3 Å². The van der Waals surface area contributed by atoms with E-state index in [1.165, 1.54) is 10.0 Å². The summed E-state index contributed by atoms with van der Waals surface area (Å²) in [5.41, 5.74) is 1.39. The van der Waals surface area contributed by atoms with Crippen LogP contribution in [0, 0.1) is 0 Å². The van der Waals surface area contributed by atoms with E-state index >= 15 is 0 Å². The Morgan fingerprint density at radius 1 is 1.33 bits per heavy atom. The van der Waals surface area contributed by atoms with Crippen molar-refractivity contribution < 1.29 is 0 Å². The van der Waals surface area contributed by atoms with Gasteiger partial charge in [0.25, 0.3) is 0 Å². The minimum absolute atomic E-state index is 0. The van der Waals surface area contributed by atoms with Crippen LogP contribution in [-0.2, 0) is 0 Å². The maximum Gasteiger partial charge on any atom is 0.0332 e. The lowest BCUT2D eigenvalue weighted by Gasteiger charge is -2.36. The first-order valence-electron chi connectivity index (χ1n) is 5.90. The molecule has 0 radical (unpaired) electrons. The molecule has 0 spiro atoms. The Morgan fingerprint density at radius 3 is 2.61 bits per heavy atom. The summed E-state index contributed by atoms with van der Waals surface area (Å²) in [6.45, 7) is 7.89. The molecule has 0 amide bonds. The van der Waals surface area contributed by atoms with Gasteiger partial charge in [-0.1, -0.05) is 34.1 Å². The molecule has 2 nitrogen and oxygen atoms in total. The van der Waals surface area contributed by atoms with Crippen LogP contribution in [0.5, 0.6) is 0 Å². The van der Waals surface area contributed by atoms with E-state index < -0.39 is 0 Å². The lowest BCUT2D eigenvalue weighted by molar-refractivity contribution is 0.158. The number of halogens is 3. The summed E-state index contributed by atoms with van der Waals surface area (Å²) >= 11 is 3.64. The molecule has 18 heavy (non-hydrogen) atoms. The number of hydrogen-bond donors (Lipinski definition) is 1. The van der Waals surface area contributed by atoms with Gasteiger partial charge in [-0.25, -0.2) is 0 Å². The average molecular weight is 356 g/mol. The van der Waals surface area contributed by atoms with Gasteiger partial charge in [0.05, 0.1) is 0 Å². The average Bonchev–Trinajstić information content (AvgIpc) is 2.29. The second-order valence-electron chi connectivity index (χ2n) is 4.55. The van der Waals surface area contributed by atoms with Gasteiger partial charge in [-0.05, 0) is 25.5 Å². The van der Waals surface area contributed by atoms with Gasteiger partial charge in [0.2, 0.25) is 0 Å². The van der Waals surface area contributed by atoms with Crippen molar-refractivity contribution in [3.8, 4) is 0 Å². The fraction of sp³-hybridized carbons (Fsp3) is 0.538. The highest BCUT2D eigenvalue weighted by Gasteiger charge is 2.22. The van der Waals surface area contributed by atoms with E-state index in [-0.39, 0.29) is 24.8 Å². The SMILES string of the molecule is CC(c1ccccc1Br)N1CCN[C@H](C)C1.Cl.Cl. The van der Waals surface area contributed by atoms with E-state index in [2.05, 4.69) is 64.3 Å². The van der Waals surface area contributed by atoms with E-state index in [1.54, 1.807) is 0 Å². The van der Waals surface area contributed by atoms with Gasteiger partial charge >= 0.3 is 0 Å². The summed E-state index contributed by atoms with van der Waals surface area (Å²) in [6.07, 6.45) is 0. The van der Waals surface area contributed by atoms with E-state index in [4.69, 9.17) is 0 Å². The fourth-order valence-corrected chi connectivity index (χ4v) is 2.94. The standard InChI is InChI=1S/C13H19BrN2.2ClH/c1-10-9-16(8-7-15-10)11(2)12-5-3-4-6-13(12)14;;/h3-6,10-11,15H,7-9H2,1-2H3;2*1H/t10-,11?;;/m1../s1. The Balaban J connectivity index is 0.00000144. The number of hydrogen-bond acceptors (Lipinski definition) is 2. The number of piperazine rings is 1. The van der Waals surface area contributed by atoms with Crippen molar-refractivity contribution in [1.29, 1.82) is 0 Å². The molecular weight excluding hydrogens is 335 g/mol. The number of benzene rings is 1. The predicted molar refractivity (Wildman–Crippen MR) is 86.1 cm³/mol. The highest BCUT2D eigenvalue weighted by atomic mass is 79.9. The molecule has 0 aliphatic carbocycles. The van der Waals surface area contributed by atoms with Crippen molar-refractivity contribution in [1.82, 2.24) is 10.2 Å². The van der Waals surface area contributed by atoms with Gasteiger partial charge < -0.3 is 5.32 Å². The first kappa shape index (κ1) is 18.2. The molecule has 1 saturated heterocycles. The van der Waals surface area contributed by atoms with Crippen LogP contribution >= 0.6 is 40.7 Å². The number of nitrogens with one attached hydrogen (secondary N) is 1. The summed E-state index contributed by atoms with van der Waals surface area (Å²) in [6, 6.07) is 9.60. The lowest BCUT2D eigenvalue weighted by atomic mass is 10.1. The van der Waals surface area contributed by atoms with Crippen molar-refractivity contribution >= 4 is 40.7 Å². The molecule has 1 N–H and O–H groups in total. The maximum absolute atomic E-state index is 3.64. The summed E-state index contributed by atoms with van der Waals surface area (Å²) in [5, 5.41) is 3.48. The quantitative estimate of drug-likeness (QED) is 0.871. The summed E-state index contributed by atoms with van der Waals surface area (Å²) in [7, 11) is 0. The normalized spacial score (nSPS) is 21.6. The van der Waals surface area contributed by atoms with Gasteiger partial charge in [-0.2, -0.15) is 0 Å². The van der Waals surface area contributed by atoms with Crippen LogP contribution in [0.15, 0.2) is 28.7 Å². The van der Waals surface area contributed by atoms with E-state index in [9.17, 15) is 0 Å². The van der Waals surface area contributed by atoms with Gasteiger partial charge in [-0.3, -0.25) is 4.90 Å². The van der Waals surface area contributed by atoms with E-state index in [1.807, 2.05) is 0 Å². The van der Waals surface area contributed by atoms with Crippen molar-refractivity contribution in [2.24, 2.45) is 0 Å². The van der Waals surface area contributed by atoms with Crippen molar-refractivity contribution in [2.75, 3.05) is 19.6 Å². The monoisotopic (exact) mass is 354 g/mol. The zero-order chi connectivity index (χ0) is 11.5. The van der Waals surface area contributed by atoms with Crippen LogP contribution in [0.4, 0.5) is 0 Å². The van der Waals surface area contributed by atoms with Crippen LogP contribution in [0.2, 0.25) is 0 Å². The Kier molecular flexibility index (Phi) is 8.48. The van der Waals surface area contributed by atoms with Crippen molar-refractivity contribution in [3.63, 3.8) is 0 Å². The molecule has 1 aromatic carbocycles. The third-order valence-electron chi connectivity index (χ3n) is 3.30.